The van der Waals surface area contributed by atoms with E-state index in [1.807, 2.05) is 6.07 Å². The van der Waals surface area contributed by atoms with Gasteiger partial charge in [0.2, 0.25) is 0 Å². The van der Waals surface area contributed by atoms with Crippen molar-refractivity contribution in [2.45, 2.75) is 18.5 Å². The van der Waals surface area contributed by atoms with E-state index >= 15 is 0 Å². The molecule has 0 aliphatic heterocycles. The molecule has 0 saturated carbocycles. The summed E-state index contributed by atoms with van der Waals surface area (Å²) in [5.74, 6) is -6.17. The van der Waals surface area contributed by atoms with Crippen molar-refractivity contribution in [3.8, 4) is 11.5 Å². The number of alkyl halides is 6. The Balaban J connectivity index is 1.83. The number of benzene rings is 2. The van der Waals surface area contributed by atoms with E-state index in [2.05, 4.69) is 10.1 Å². The summed E-state index contributed by atoms with van der Waals surface area (Å²) in [6, 6.07) is 12.9. The zero-order chi connectivity index (χ0) is 20.8. The fourth-order valence-electron chi connectivity index (χ4n) is 1.96. The lowest BCUT2D eigenvalue weighted by atomic mass is 10.2. The second-order valence-corrected chi connectivity index (χ2v) is 5.50. The molecule has 0 aliphatic carbocycles. The minimum absolute atomic E-state index is 0.0741. The number of nitrogens with one attached hydrogen (secondary N) is 1. The molecule has 1 amide bonds. The van der Waals surface area contributed by atoms with Crippen LogP contribution < -0.4 is 14.8 Å². The normalized spacial score (nSPS) is 12.9. The smallest absolute Gasteiger partial charge is 0.460 e. The van der Waals surface area contributed by atoms with Gasteiger partial charge in [-0.1, -0.05) is 18.2 Å². The van der Waals surface area contributed by atoms with Gasteiger partial charge in [0, 0.05) is 5.56 Å². The first kappa shape index (κ1) is 21.4. The Morgan fingerprint density at radius 3 is 2.11 bits per heavy atom. The number of carbonyl (C=O) groups is 1. The average molecular weight is 407 g/mol. The van der Waals surface area contributed by atoms with Crippen LogP contribution in [0, 0.1) is 0 Å². The summed E-state index contributed by atoms with van der Waals surface area (Å²) in [4.78, 5) is 11.9. The molecule has 28 heavy (non-hydrogen) atoms. The summed E-state index contributed by atoms with van der Waals surface area (Å²) >= 11 is 0. The molecular formula is C18H15F6NO3. The summed E-state index contributed by atoms with van der Waals surface area (Å²) in [5, 5.41) is 2.53. The number of rotatable bonds is 8. The minimum Gasteiger partial charge on any atom is -0.492 e. The van der Waals surface area contributed by atoms with Crippen molar-refractivity contribution < 1.29 is 40.6 Å². The van der Waals surface area contributed by atoms with Crippen LogP contribution in [0.1, 0.15) is 10.4 Å². The van der Waals surface area contributed by atoms with Crippen LogP contribution in [0.25, 0.3) is 0 Å². The highest BCUT2D eigenvalue weighted by Gasteiger charge is 2.65. The largest absolute Gasteiger partial charge is 0.492 e. The van der Waals surface area contributed by atoms with Gasteiger partial charge in [-0.05, 0) is 36.4 Å². The first-order valence-electron chi connectivity index (χ1n) is 7.92. The summed E-state index contributed by atoms with van der Waals surface area (Å²) in [5.41, 5.74) is 0.0741. The van der Waals surface area contributed by atoms with Gasteiger partial charge in [0.1, 0.15) is 18.1 Å². The molecule has 10 heteroatoms. The number of carbonyl (C=O) groups excluding carboxylic acids is 1. The molecule has 0 saturated heterocycles. The van der Waals surface area contributed by atoms with Gasteiger partial charge in [0.05, 0.1) is 6.54 Å². The predicted octanol–water partition coefficient (Wildman–Crippen LogP) is 4.37. The number of para-hydroxylation sites is 1. The van der Waals surface area contributed by atoms with Crippen molar-refractivity contribution in [2.24, 2.45) is 0 Å². The molecular weight excluding hydrogens is 392 g/mol. The van der Waals surface area contributed by atoms with Crippen LogP contribution in [0.5, 0.6) is 11.5 Å². The molecule has 2 aromatic carbocycles. The van der Waals surface area contributed by atoms with Crippen molar-refractivity contribution in [1.82, 2.24) is 5.32 Å². The SMILES string of the molecule is O=C(NCCOc1ccccc1)c1ccc(OC(F)C(F)(F)C(F)(F)F)cc1. The molecule has 1 N–H and O–H groups in total. The number of halogens is 6. The van der Waals surface area contributed by atoms with Crippen LogP contribution in [0.3, 0.4) is 0 Å². The molecule has 0 spiro atoms. The molecule has 0 heterocycles. The van der Waals surface area contributed by atoms with E-state index in [0.717, 1.165) is 24.3 Å². The van der Waals surface area contributed by atoms with Gasteiger partial charge >= 0.3 is 18.5 Å². The van der Waals surface area contributed by atoms with Crippen molar-refractivity contribution in [3.63, 3.8) is 0 Å². The second kappa shape index (κ2) is 8.85. The molecule has 4 nitrogen and oxygen atoms in total. The molecule has 0 aromatic heterocycles. The zero-order valence-corrected chi connectivity index (χ0v) is 14.2. The van der Waals surface area contributed by atoms with Crippen LogP contribution in [-0.2, 0) is 0 Å². The van der Waals surface area contributed by atoms with E-state index in [9.17, 15) is 31.1 Å². The van der Waals surface area contributed by atoms with Gasteiger partial charge < -0.3 is 14.8 Å². The fraction of sp³-hybridized carbons (Fsp3) is 0.278. The number of hydrogen-bond donors (Lipinski definition) is 1. The van der Waals surface area contributed by atoms with Gasteiger partial charge in [-0.15, -0.1) is 0 Å². The monoisotopic (exact) mass is 407 g/mol. The lowest BCUT2D eigenvalue weighted by Gasteiger charge is -2.23. The highest BCUT2D eigenvalue weighted by molar-refractivity contribution is 5.94. The Morgan fingerprint density at radius 2 is 1.54 bits per heavy atom. The Morgan fingerprint density at radius 1 is 0.929 bits per heavy atom. The Hall–Kier alpha value is -2.91. The molecule has 0 bridgehead atoms. The number of amides is 1. The summed E-state index contributed by atoms with van der Waals surface area (Å²) < 4.78 is 84.4. The van der Waals surface area contributed by atoms with Gasteiger partial charge in [-0.25, -0.2) is 0 Å². The van der Waals surface area contributed by atoms with Gasteiger partial charge in [-0.2, -0.15) is 26.3 Å². The molecule has 1 atom stereocenters. The van der Waals surface area contributed by atoms with Crippen LogP contribution in [0.4, 0.5) is 26.3 Å². The maximum Gasteiger partial charge on any atom is 0.460 e. The Bertz CT molecular complexity index is 765. The molecule has 152 valence electrons. The summed E-state index contributed by atoms with van der Waals surface area (Å²) in [6.07, 6.45) is -10.0. The van der Waals surface area contributed by atoms with Crippen LogP contribution >= 0.6 is 0 Å². The van der Waals surface area contributed by atoms with E-state index in [1.54, 1.807) is 24.3 Å². The third-order valence-corrected chi connectivity index (χ3v) is 3.42. The first-order valence-corrected chi connectivity index (χ1v) is 7.92. The van der Waals surface area contributed by atoms with Crippen LogP contribution in [-0.4, -0.2) is 37.5 Å². The molecule has 0 radical (unpaired) electrons. The standard InChI is InChI=1S/C18H15F6NO3/c19-16(17(20,21)18(22,23)24)28-14-8-6-12(7-9-14)15(26)25-10-11-27-13-4-2-1-3-5-13/h1-9,16H,10-11H2,(H,25,26). The summed E-state index contributed by atoms with van der Waals surface area (Å²) in [7, 11) is 0. The van der Waals surface area contributed by atoms with E-state index < -0.39 is 30.1 Å². The molecule has 2 rings (SSSR count). The first-order chi connectivity index (χ1) is 13.1. The second-order valence-electron chi connectivity index (χ2n) is 5.50. The van der Waals surface area contributed by atoms with Gasteiger partial charge in [-0.3, -0.25) is 4.79 Å². The van der Waals surface area contributed by atoms with E-state index in [4.69, 9.17) is 4.74 Å². The molecule has 0 aliphatic rings. The highest BCUT2D eigenvalue weighted by atomic mass is 19.4. The van der Waals surface area contributed by atoms with Crippen molar-refractivity contribution >= 4 is 5.91 Å². The Kier molecular flexibility index (Phi) is 6.76. The molecule has 1 unspecified atom stereocenters. The third-order valence-electron chi connectivity index (χ3n) is 3.42. The maximum atomic E-state index is 13.2. The average Bonchev–Trinajstić information content (AvgIpc) is 2.65. The van der Waals surface area contributed by atoms with Gasteiger partial charge in [0.15, 0.2) is 0 Å². The number of ether oxygens (including phenoxy) is 2. The zero-order valence-electron chi connectivity index (χ0n) is 14.2. The highest BCUT2D eigenvalue weighted by Crippen LogP contribution is 2.40. The van der Waals surface area contributed by atoms with Crippen LogP contribution in [0.15, 0.2) is 54.6 Å². The molecule has 0 fully saturated rings. The van der Waals surface area contributed by atoms with E-state index in [-0.39, 0.29) is 18.7 Å². The Labute approximate surface area is 156 Å². The molecule has 2 aromatic rings. The quantitative estimate of drug-likeness (QED) is 0.522. The third kappa shape index (κ3) is 5.54. The fourth-order valence-corrected chi connectivity index (χ4v) is 1.96. The van der Waals surface area contributed by atoms with Gasteiger partial charge in [0.25, 0.3) is 5.91 Å². The van der Waals surface area contributed by atoms with E-state index in [1.165, 1.54) is 0 Å². The lowest BCUT2D eigenvalue weighted by Crippen LogP contribution is -2.47. The minimum atomic E-state index is -6.09. The topological polar surface area (TPSA) is 47.6 Å². The van der Waals surface area contributed by atoms with E-state index in [0.29, 0.717) is 5.75 Å². The van der Waals surface area contributed by atoms with Crippen molar-refractivity contribution in [1.29, 1.82) is 0 Å². The van der Waals surface area contributed by atoms with Crippen molar-refractivity contribution in [3.05, 3.63) is 60.2 Å². The van der Waals surface area contributed by atoms with Crippen LogP contribution in [0.2, 0.25) is 0 Å². The number of hydrogen-bond acceptors (Lipinski definition) is 3. The summed E-state index contributed by atoms with van der Waals surface area (Å²) in [6.45, 7) is 0.351. The lowest BCUT2D eigenvalue weighted by molar-refractivity contribution is -0.328. The van der Waals surface area contributed by atoms with Crippen molar-refractivity contribution in [2.75, 3.05) is 13.2 Å². The maximum absolute atomic E-state index is 13.2. The predicted molar refractivity (Wildman–Crippen MR) is 87.2 cm³/mol.